The van der Waals surface area contributed by atoms with Crippen LogP contribution in [-0.2, 0) is 23.9 Å². The maximum absolute atomic E-state index is 14.6. The van der Waals surface area contributed by atoms with E-state index in [1.165, 1.54) is 12.5 Å². The minimum atomic E-state index is -0.548. The van der Waals surface area contributed by atoms with Crippen LogP contribution in [0.25, 0.3) is 0 Å². The van der Waals surface area contributed by atoms with E-state index >= 15 is 0 Å². The fourth-order valence-corrected chi connectivity index (χ4v) is 11.1. The third-order valence-electron chi connectivity index (χ3n) is 13.8. The number of carbonyl (C=O) groups excluding carboxylic acids is 3. The molecule has 9 atom stereocenters. The zero-order valence-corrected chi connectivity index (χ0v) is 27.5. The zero-order valence-electron chi connectivity index (χ0n) is 27.5. The monoisotopic (exact) mass is 579 g/mol. The second-order valence-corrected chi connectivity index (χ2v) is 16.3. The van der Waals surface area contributed by atoms with E-state index in [1.54, 1.807) is 0 Å². The summed E-state index contributed by atoms with van der Waals surface area (Å²) in [6.45, 7) is 20.0. The number of fused-ring (bicyclic) bond motifs is 7. The van der Waals surface area contributed by atoms with Crippen LogP contribution in [0.15, 0.2) is 11.6 Å². The molecule has 42 heavy (non-hydrogen) atoms. The lowest BCUT2D eigenvalue weighted by molar-refractivity contribution is -0.210. The standard InChI is InChI=1S/C36H53NO5/c1-10-41-20-19-37-30(40)33(6)16-15-32(5)17-18-35(8)24(25(32)22-33)21-26(39)29-34(7)13-12-28(42-23(2)38)31(3,4)27(34)11-14-36(29,35)9/h21,25,27-29H,10-18,22H2,1-9H3,(H,37,40)/t25-,27?,28-,29+,32+,33-,34-,35+,36+/m0/s1. The molecule has 4 saturated carbocycles. The Hall–Kier alpha value is -2.29. The molecule has 0 bridgehead atoms. The summed E-state index contributed by atoms with van der Waals surface area (Å²) in [4.78, 5) is 39.9. The molecule has 6 nitrogen and oxygen atoms in total. The fourth-order valence-electron chi connectivity index (χ4n) is 11.1. The molecular formula is C36H53NO5. The molecule has 0 aromatic heterocycles. The van der Waals surface area contributed by atoms with Gasteiger partial charge in [-0.1, -0.05) is 54.0 Å². The summed E-state index contributed by atoms with van der Waals surface area (Å²) in [7, 11) is 0. The maximum Gasteiger partial charge on any atom is 0.302 e. The molecule has 0 saturated heterocycles. The van der Waals surface area contributed by atoms with Crippen LogP contribution in [0.5, 0.6) is 0 Å². The van der Waals surface area contributed by atoms with Crippen molar-refractivity contribution in [1.82, 2.24) is 5.32 Å². The van der Waals surface area contributed by atoms with Crippen molar-refractivity contribution in [2.75, 3.05) is 6.61 Å². The molecule has 1 amide bonds. The first-order valence-electron chi connectivity index (χ1n) is 16.3. The molecule has 1 unspecified atom stereocenters. The first-order valence-corrected chi connectivity index (χ1v) is 16.3. The van der Waals surface area contributed by atoms with E-state index in [1.807, 2.05) is 6.92 Å². The number of hydrogen-bond donors (Lipinski definition) is 1. The predicted octanol–water partition coefficient (Wildman–Crippen LogP) is 6.97. The maximum atomic E-state index is 14.6. The highest BCUT2D eigenvalue weighted by Gasteiger charge is 2.70. The third-order valence-corrected chi connectivity index (χ3v) is 13.8. The van der Waals surface area contributed by atoms with E-state index in [-0.39, 0.29) is 62.7 Å². The van der Waals surface area contributed by atoms with Gasteiger partial charge in [-0.3, -0.25) is 19.7 Å². The summed E-state index contributed by atoms with van der Waals surface area (Å²) in [6, 6.07) is 2.69. The number of esters is 1. The van der Waals surface area contributed by atoms with E-state index in [9.17, 15) is 14.4 Å². The van der Waals surface area contributed by atoms with E-state index in [4.69, 9.17) is 9.47 Å². The van der Waals surface area contributed by atoms with Gasteiger partial charge in [0, 0.05) is 23.7 Å². The van der Waals surface area contributed by atoms with Gasteiger partial charge in [-0.2, -0.15) is 0 Å². The summed E-state index contributed by atoms with van der Waals surface area (Å²) >= 11 is 0. The lowest BCUT2D eigenvalue weighted by Crippen LogP contribution is -2.66. The van der Waals surface area contributed by atoms with Crippen LogP contribution in [0.1, 0.15) is 120 Å². The number of allylic oxidation sites excluding steroid dienone is 2. The van der Waals surface area contributed by atoms with Crippen molar-refractivity contribution >= 4 is 17.7 Å². The average molecular weight is 580 g/mol. The van der Waals surface area contributed by atoms with Gasteiger partial charge in [-0.25, -0.2) is 0 Å². The molecule has 1 N–H and O–H groups in total. The second kappa shape index (κ2) is 10.1. The highest BCUT2D eigenvalue weighted by Crippen LogP contribution is 2.75. The molecule has 232 valence electrons. The molecule has 0 aromatic carbocycles. The Bertz CT molecular complexity index is 1260. The molecule has 0 radical (unpaired) electrons. The third kappa shape index (κ3) is 4.38. The van der Waals surface area contributed by atoms with Crippen molar-refractivity contribution in [3.63, 3.8) is 0 Å². The molecule has 0 aromatic rings. The van der Waals surface area contributed by atoms with Gasteiger partial charge in [0.1, 0.15) is 12.2 Å². The molecule has 0 aliphatic heterocycles. The van der Waals surface area contributed by atoms with Crippen LogP contribution in [-0.4, -0.2) is 30.4 Å². The molecule has 4 fully saturated rings. The lowest BCUT2D eigenvalue weighted by Gasteiger charge is -2.70. The molecule has 5 aliphatic carbocycles. The van der Waals surface area contributed by atoms with E-state index in [0.717, 1.165) is 57.8 Å². The average Bonchev–Trinajstić information content (AvgIpc) is 2.90. The van der Waals surface area contributed by atoms with Crippen molar-refractivity contribution in [3.05, 3.63) is 11.6 Å². The van der Waals surface area contributed by atoms with Crippen LogP contribution in [0.2, 0.25) is 0 Å². The van der Waals surface area contributed by atoms with E-state index < -0.39 is 5.41 Å². The highest BCUT2D eigenvalue weighted by molar-refractivity contribution is 5.96. The Balaban J connectivity index is 1.51. The molecule has 6 heteroatoms. The van der Waals surface area contributed by atoms with Crippen LogP contribution < -0.4 is 5.32 Å². The highest BCUT2D eigenvalue weighted by atomic mass is 16.5. The van der Waals surface area contributed by atoms with Gasteiger partial charge in [0.15, 0.2) is 5.78 Å². The summed E-state index contributed by atoms with van der Waals surface area (Å²) in [5.74, 6) is 0.441. The quantitative estimate of drug-likeness (QED) is 0.222. The van der Waals surface area contributed by atoms with Crippen LogP contribution in [0.3, 0.4) is 0 Å². The van der Waals surface area contributed by atoms with Crippen LogP contribution >= 0.6 is 0 Å². The van der Waals surface area contributed by atoms with Crippen molar-refractivity contribution in [3.8, 4) is 12.2 Å². The van der Waals surface area contributed by atoms with Gasteiger partial charge in [0.25, 0.3) is 0 Å². The number of carbonyl (C=O) groups is 3. The largest absolute Gasteiger partial charge is 0.462 e. The molecule has 0 heterocycles. The number of nitrogens with one attached hydrogen (secondary N) is 1. The van der Waals surface area contributed by atoms with Gasteiger partial charge in [-0.15, -0.1) is 0 Å². The Morgan fingerprint density at radius 1 is 0.976 bits per heavy atom. The van der Waals surface area contributed by atoms with Crippen LogP contribution in [0, 0.1) is 62.4 Å². The number of rotatable bonds is 3. The van der Waals surface area contributed by atoms with Gasteiger partial charge in [0.2, 0.25) is 5.91 Å². The normalized spacial score (nSPS) is 45.4. The Morgan fingerprint density at radius 2 is 1.67 bits per heavy atom. The van der Waals surface area contributed by atoms with Crippen molar-refractivity contribution in [2.45, 2.75) is 126 Å². The Labute approximate surface area is 253 Å². The van der Waals surface area contributed by atoms with Crippen LogP contribution in [0.4, 0.5) is 0 Å². The first kappa shape index (κ1) is 31.1. The van der Waals surface area contributed by atoms with Gasteiger partial charge >= 0.3 is 5.97 Å². The molecule has 5 rings (SSSR count). The minimum Gasteiger partial charge on any atom is -0.462 e. The predicted molar refractivity (Wildman–Crippen MR) is 163 cm³/mol. The van der Waals surface area contributed by atoms with Gasteiger partial charge < -0.3 is 9.47 Å². The van der Waals surface area contributed by atoms with E-state index in [0.29, 0.717) is 12.5 Å². The number of hydrogen-bond acceptors (Lipinski definition) is 5. The van der Waals surface area contributed by atoms with Crippen molar-refractivity contribution in [1.29, 1.82) is 0 Å². The minimum absolute atomic E-state index is 0.0457. The summed E-state index contributed by atoms with van der Waals surface area (Å²) < 4.78 is 11.0. The number of ether oxygens (including phenoxy) is 2. The number of amides is 1. The van der Waals surface area contributed by atoms with Gasteiger partial charge in [-0.05, 0) is 104 Å². The number of ketones is 1. The molecule has 5 aliphatic rings. The molecule has 0 spiro atoms. The van der Waals surface area contributed by atoms with Crippen molar-refractivity contribution < 1.29 is 23.9 Å². The Kier molecular flexibility index (Phi) is 7.51. The fraction of sp³-hybridized carbons (Fsp3) is 0.806. The summed E-state index contributed by atoms with van der Waals surface area (Å²) in [5, 5.41) is 2.80. The zero-order chi connectivity index (χ0) is 30.9. The summed E-state index contributed by atoms with van der Waals surface area (Å²) in [5.41, 5.74) is 0.212. The first-order chi connectivity index (χ1) is 19.5. The Morgan fingerprint density at radius 3 is 2.33 bits per heavy atom. The lowest BCUT2D eigenvalue weighted by atomic mass is 9.33. The topological polar surface area (TPSA) is 81.7 Å². The SMILES string of the molecule is CCOC#CNC(=O)[C@@]1(C)CC[C@]2(C)CC[C@]3(C)C(=CC(=O)[C@@H]4[C@@]5(C)CC[C@H](OC(C)=O)C(C)(C)C5CC[C@]43C)[C@@H]2C1. The van der Waals surface area contributed by atoms with E-state index in [2.05, 4.69) is 72.0 Å². The van der Waals surface area contributed by atoms with Crippen molar-refractivity contribution in [2.24, 2.45) is 50.2 Å². The van der Waals surface area contributed by atoms with Gasteiger partial charge in [0.05, 0.1) is 12.7 Å². The second-order valence-electron chi connectivity index (χ2n) is 16.3. The summed E-state index contributed by atoms with van der Waals surface area (Å²) in [6.07, 6.45) is 12.9. The smallest absolute Gasteiger partial charge is 0.302 e. The molecular weight excluding hydrogens is 526 g/mol.